The van der Waals surface area contributed by atoms with Crippen LogP contribution >= 0.6 is 0 Å². The fourth-order valence-electron chi connectivity index (χ4n) is 2.73. The van der Waals surface area contributed by atoms with E-state index in [1.54, 1.807) is 0 Å². The van der Waals surface area contributed by atoms with Crippen molar-refractivity contribution >= 4 is 24.1 Å². The highest BCUT2D eigenvalue weighted by Crippen LogP contribution is 2.12. The van der Waals surface area contributed by atoms with Crippen molar-refractivity contribution in [2.45, 2.75) is 95.9 Å². The number of nitrogens with one attached hydrogen (secondary N) is 1. The van der Waals surface area contributed by atoms with E-state index in [-0.39, 0.29) is 25.2 Å². The SMILES string of the molecule is O=CCC[C@H](NC(=O)CCCCCCCCCCCCC(=O)O)C(=O)O. The number of carboxylic acids is 2. The van der Waals surface area contributed by atoms with Gasteiger partial charge in [0.25, 0.3) is 0 Å². The van der Waals surface area contributed by atoms with Crippen LogP contribution in [-0.4, -0.2) is 40.4 Å². The lowest BCUT2D eigenvalue weighted by Crippen LogP contribution is -2.40. The van der Waals surface area contributed by atoms with Gasteiger partial charge in [-0.2, -0.15) is 0 Å². The van der Waals surface area contributed by atoms with Gasteiger partial charge in [-0.3, -0.25) is 9.59 Å². The van der Waals surface area contributed by atoms with Crippen molar-refractivity contribution in [3.63, 3.8) is 0 Å². The summed E-state index contributed by atoms with van der Waals surface area (Å²) >= 11 is 0. The standard InChI is InChI=1S/C19H33NO6/c21-15-11-12-16(19(25)26)20-17(22)13-9-7-5-3-1-2-4-6-8-10-14-18(23)24/h15-16H,1-14H2,(H,20,22)(H,23,24)(H,25,26)/t16-/m0/s1. The first-order chi connectivity index (χ1) is 12.5. The van der Waals surface area contributed by atoms with Gasteiger partial charge in [-0.25, -0.2) is 4.79 Å². The van der Waals surface area contributed by atoms with Crippen molar-refractivity contribution in [2.75, 3.05) is 0 Å². The molecule has 0 aromatic rings. The van der Waals surface area contributed by atoms with Crippen LogP contribution in [-0.2, 0) is 19.2 Å². The first-order valence-electron chi connectivity index (χ1n) is 9.65. The molecule has 0 radical (unpaired) electrons. The van der Waals surface area contributed by atoms with E-state index < -0.39 is 18.0 Å². The lowest BCUT2D eigenvalue weighted by Gasteiger charge is -2.13. The van der Waals surface area contributed by atoms with Crippen molar-refractivity contribution < 1.29 is 29.4 Å². The molecule has 0 bridgehead atoms. The van der Waals surface area contributed by atoms with Gasteiger partial charge in [0.15, 0.2) is 0 Å². The number of aldehydes is 1. The number of unbranched alkanes of at least 4 members (excludes halogenated alkanes) is 9. The molecular weight excluding hydrogens is 338 g/mol. The Kier molecular flexibility index (Phi) is 15.3. The van der Waals surface area contributed by atoms with Crippen LogP contribution in [0.5, 0.6) is 0 Å². The Morgan fingerprint density at radius 2 is 1.23 bits per heavy atom. The van der Waals surface area contributed by atoms with E-state index in [9.17, 15) is 19.2 Å². The van der Waals surface area contributed by atoms with Gasteiger partial charge in [-0.05, 0) is 19.3 Å². The van der Waals surface area contributed by atoms with E-state index in [0.29, 0.717) is 12.7 Å². The molecule has 0 rings (SSSR count). The second-order valence-electron chi connectivity index (χ2n) is 6.63. The third-order valence-electron chi connectivity index (χ3n) is 4.25. The molecular formula is C19H33NO6. The van der Waals surface area contributed by atoms with Crippen LogP contribution in [0.2, 0.25) is 0 Å². The monoisotopic (exact) mass is 371 g/mol. The van der Waals surface area contributed by atoms with Crippen LogP contribution in [0.1, 0.15) is 89.9 Å². The lowest BCUT2D eigenvalue weighted by molar-refractivity contribution is -0.142. The fourth-order valence-corrected chi connectivity index (χ4v) is 2.73. The van der Waals surface area contributed by atoms with Crippen molar-refractivity contribution in [2.24, 2.45) is 0 Å². The second-order valence-corrected chi connectivity index (χ2v) is 6.63. The smallest absolute Gasteiger partial charge is 0.326 e. The summed E-state index contributed by atoms with van der Waals surface area (Å²) in [5.74, 6) is -2.11. The molecule has 0 fully saturated rings. The molecule has 0 aliphatic heterocycles. The van der Waals surface area contributed by atoms with Gasteiger partial charge in [0, 0.05) is 19.3 Å². The molecule has 0 saturated heterocycles. The van der Waals surface area contributed by atoms with E-state index in [1.165, 1.54) is 0 Å². The average molecular weight is 371 g/mol. The third kappa shape index (κ3) is 15.6. The Morgan fingerprint density at radius 1 is 0.769 bits per heavy atom. The first-order valence-corrected chi connectivity index (χ1v) is 9.65. The normalized spacial score (nSPS) is 11.7. The molecule has 26 heavy (non-hydrogen) atoms. The van der Waals surface area contributed by atoms with E-state index in [1.807, 2.05) is 0 Å². The Hall–Kier alpha value is -1.92. The number of hydrogen-bond acceptors (Lipinski definition) is 4. The third-order valence-corrected chi connectivity index (χ3v) is 4.25. The van der Waals surface area contributed by atoms with Gasteiger partial charge in [0.1, 0.15) is 12.3 Å². The van der Waals surface area contributed by atoms with Crippen LogP contribution < -0.4 is 5.32 Å². The molecule has 7 heteroatoms. The highest BCUT2D eigenvalue weighted by molar-refractivity contribution is 5.83. The average Bonchev–Trinajstić information content (AvgIpc) is 2.59. The maximum atomic E-state index is 11.7. The zero-order chi connectivity index (χ0) is 19.6. The van der Waals surface area contributed by atoms with Crippen LogP contribution in [0.3, 0.4) is 0 Å². The van der Waals surface area contributed by atoms with Crippen molar-refractivity contribution in [3.8, 4) is 0 Å². The van der Waals surface area contributed by atoms with E-state index in [0.717, 1.165) is 64.2 Å². The number of amides is 1. The van der Waals surface area contributed by atoms with Crippen molar-refractivity contribution in [1.82, 2.24) is 5.32 Å². The maximum absolute atomic E-state index is 11.7. The van der Waals surface area contributed by atoms with Crippen molar-refractivity contribution in [3.05, 3.63) is 0 Å². The molecule has 0 spiro atoms. The molecule has 0 heterocycles. The minimum Gasteiger partial charge on any atom is -0.481 e. The molecule has 1 atom stereocenters. The number of hydrogen-bond donors (Lipinski definition) is 3. The quantitative estimate of drug-likeness (QED) is 0.251. The summed E-state index contributed by atoms with van der Waals surface area (Å²) in [7, 11) is 0. The highest BCUT2D eigenvalue weighted by atomic mass is 16.4. The highest BCUT2D eigenvalue weighted by Gasteiger charge is 2.18. The first kappa shape index (κ1) is 24.1. The van der Waals surface area contributed by atoms with Gasteiger partial charge in [-0.1, -0.05) is 51.4 Å². The molecule has 3 N–H and O–H groups in total. The predicted octanol–water partition coefficient (Wildman–Crippen LogP) is 3.30. The minimum atomic E-state index is -1.11. The molecule has 0 saturated carbocycles. The Labute approximate surface area is 155 Å². The zero-order valence-corrected chi connectivity index (χ0v) is 15.6. The summed E-state index contributed by atoms with van der Waals surface area (Å²) in [4.78, 5) is 43.4. The van der Waals surface area contributed by atoms with E-state index in [2.05, 4.69) is 5.32 Å². The van der Waals surface area contributed by atoms with E-state index in [4.69, 9.17) is 10.2 Å². The topological polar surface area (TPSA) is 121 Å². The Balaban J connectivity index is 3.48. The molecule has 0 aromatic heterocycles. The predicted molar refractivity (Wildman–Crippen MR) is 97.9 cm³/mol. The molecule has 7 nitrogen and oxygen atoms in total. The van der Waals surface area contributed by atoms with Crippen LogP contribution in [0.4, 0.5) is 0 Å². The van der Waals surface area contributed by atoms with Gasteiger partial charge in [0.05, 0.1) is 0 Å². The Morgan fingerprint density at radius 3 is 1.65 bits per heavy atom. The number of rotatable bonds is 18. The summed E-state index contributed by atoms with van der Waals surface area (Å²) in [6.45, 7) is 0. The summed E-state index contributed by atoms with van der Waals surface area (Å²) in [5.41, 5.74) is 0. The van der Waals surface area contributed by atoms with Gasteiger partial charge in [-0.15, -0.1) is 0 Å². The van der Waals surface area contributed by atoms with Gasteiger partial charge in [0.2, 0.25) is 5.91 Å². The zero-order valence-electron chi connectivity index (χ0n) is 15.6. The minimum absolute atomic E-state index is 0.122. The molecule has 1 amide bonds. The lowest BCUT2D eigenvalue weighted by atomic mass is 10.0. The maximum Gasteiger partial charge on any atom is 0.326 e. The van der Waals surface area contributed by atoms with Crippen LogP contribution in [0.25, 0.3) is 0 Å². The number of carboxylic acid groups (broad SMARTS) is 2. The molecule has 0 aromatic carbocycles. The number of carbonyl (C=O) groups is 4. The number of aliphatic carboxylic acids is 2. The van der Waals surface area contributed by atoms with Crippen molar-refractivity contribution in [1.29, 1.82) is 0 Å². The molecule has 0 unspecified atom stereocenters. The second kappa shape index (κ2) is 16.5. The summed E-state index contributed by atoms with van der Waals surface area (Å²) in [6.07, 6.45) is 11.6. The largest absolute Gasteiger partial charge is 0.481 e. The molecule has 0 aliphatic rings. The molecule has 0 aliphatic carbocycles. The fraction of sp³-hybridized carbons (Fsp3) is 0.789. The van der Waals surface area contributed by atoms with Gasteiger partial charge >= 0.3 is 11.9 Å². The summed E-state index contributed by atoms with van der Waals surface area (Å²) in [5, 5.41) is 20.0. The van der Waals surface area contributed by atoms with Crippen LogP contribution in [0.15, 0.2) is 0 Å². The number of carbonyl (C=O) groups excluding carboxylic acids is 2. The Bertz CT molecular complexity index is 424. The van der Waals surface area contributed by atoms with E-state index >= 15 is 0 Å². The molecule has 150 valence electrons. The van der Waals surface area contributed by atoms with Crippen LogP contribution in [0, 0.1) is 0 Å². The van der Waals surface area contributed by atoms with Gasteiger partial charge < -0.3 is 20.3 Å². The summed E-state index contributed by atoms with van der Waals surface area (Å²) < 4.78 is 0. The summed E-state index contributed by atoms with van der Waals surface area (Å²) in [6, 6.07) is -0.983.